The second kappa shape index (κ2) is 10.3. The largest absolute Gasteiger partial charge is 0.406 e. The first-order chi connectivity index (χ1) is 10.7. The third-order valence-electron chi connectivity index (χ3n) is 2.82. The van der Waals surface area contributed by atoms with Crippen molar-refractivity contribution in [2.45, 2.75) is 12.7 Å². The third-order valence-corrected chi connectivity index (χ3v) is 2.82. The fraction of sp³-hybridized carbons (Fsp3) is 0.429. The zero-order valence-corrected chi connectivity index (χ0v) is 15.5. The number of hydrogen-bond donors (Lipinski definition) is 2. The second-order valence-electron chi connectivity index (χ2n) is 4.77. The summed E-state index contributed by atoms with van der Waals surface area (Å²) in [4.78, 5) is 16.0. The molecule has 0 spiro atoms. The number of carbonyl (C=O) groups is 1. The number of benzene rings is 1. The molecule has 5 nitrogen and oxygen atoms in total. The Labute approximate surface area is 154 Å². The van der Waals surface area contributed by atoms with Crippen molar-refractivity contribution in [1.82, 2.24) is 15.5 Å². The Hall–Kier alpha value is -1.59. The number of likely N-dealkylation sites (N-methyl/N-ethyl adjacent to an activating group) is 1. The van der Waals surface area contributed by atoms with Crippen molar-refractivity contribution in [1.29, 1.82) is 0 Å². The van der Waals surface area contributed by atoms with Crippen LogP contribution in [0.25, 0.3) is 0 Å². The molecule has 1 aromatic rings. The Morgan fingerprint density at radius 3 is 2.50 bits per heavy atom. The van der Waals surface area contributed by atoms with Crippen molar-refractivity contribution >= 4 is 35.8 Å². The summed E-state index contributed by atoms with van der Waals surface area (Å²) >= 11 is 0. The summed E-state index contributed by atoms with van der Waals surface area (Å²) in [5, 5.41) is 5.44. The summed E-state index contributed by atoms with van der Waals surface area (Å²) in [6.07, 6.45) is -4.44. The quantitative estimate of drug-likeness (QED) is 0.305. The van der Waals surface area contributed by atoms with Gasteiger partial charge in [-0.05, 0) is 17.7 Å². The molecule has 0 aromatic heterocycles. The molecule has 10 heteroatoms. The van der Waals surface area contributed by atoms with Crippen LogP contribution >= 0.6 is 24.0 Å². The molecule has 0 saturated heterocycles. The average molecular weight is 462 g/mol. The topological polar surface area (TPSA) is 56.7 Å². The number of amides is 1. The number of nitrogens with zero attached hydrogens (tertiary/aromatic N) is 2. The van der Waals surface area contributed by atoms with E-state index in [9.17, 15) is 22.4 Å². The molecule has 0 unspecified atom stereocenters. The van der Waals surface area contributed by atoms with Gasteiger partial charge in [0.2, 0.25) is 5.91 Å². The summed E-state index contributed by atoms with van der Waals surface area (Å²) in [7, 11) is 2.52. The number of halogens is 5. The van der Waals surface area contributed by atoms with Crippen molar-refractivity contribution in [2.24, 2.45) is 4.99 Å². The molecular formula is C14H19F4IN4O. The van der Waals surface area contributed by atoms with Crippen molar-refractivity contribution in [3.05, 3.63) is 35.6 Å². The lowest BCUT2D eigenvalue weighted by molar-refractivity contribution is -0.157. The van der Waals surface area contributed by atoms with E-state index in [-0.39, 0.29) is 48.8 Å². The van der Waals surface area contributed by atoms with Crippen LogP contribution in [0.4, 0.5) is 17.6 Å². The number of nitrogens with one attached hydrogen (secondary N) is 2. The summed E-state index contributed by atoms with van der Waals surface area (Å²) in [5.74, 6) is -0.879. The van der Waals surface area contributed by atoms with E-state index in [2.05, 4.69) is 15.6 Å². The van der Waals surface area contributed by atoms with E-state index in [0.29, 0.717) is 10.5 Å². The van der Waals surface area contributed by atoms with Crippen LogP contribution < -0.4 is 10.6 Å². The van der Waals surface area contributed by atoms with Gasteiger partial charge in [0, 0.05) is 20.6 Å². The lowest BCUT2D eigenvalue weighted by atomic mass is 10.2. The Morgan fingerprint density at radius 1 is 1.29 bits per heavy atom. The fourth-order valence-corrected chi connectivity index (χ4v) is 1.70. The number of alkyl halides is 3. The van der Waals surface area contributed by atoms with Gasteiger partial charge in [0.05, 0.1) is 6.54 Å². The first kappa shape index (κ1) is 22.4. The van der Waals surface area contributed by atoms with E-state index in [4.69, 9.17) is 0 Å². The molecule has 2 N–H and O–H groups in total. The molecule has 0 saturated carbocycles. The monoisotopic (exact) mass is 462 g/mol. The van der Waals surface area contributed by atoms with Gasteiger partial charge in [0.25, 0.3) is 0 Å². The van der Waals surface area contributed by atoms with Crippen LogP contribution in [0, 0.1) is 5.82 Å². The Morgan fingerprint density at radius 2 is 1.96 bits per heavy atom. The van der Waals surface area contributed by atoms with Gasteiger partial charge in [-0.2, -0.15) is 13.2 Å². The predicted molar refractivity (Wildman–Crippen MR) is 93.7 cm³/mol. The SMILES string of the molecule is CN=C(NCC(=O)N(C)CC(F)(F)F)NCc1cccc(F)c1.I. The molecule has 136 valence electrons. The Bertz CT molecular complexity index is 566. The van der Waals surface area contributed by atoms with Crippen molar-refractivity contribution < 1.29 is 22.4 Å². The van der Waals surface area contributed by atoms with Gasteiger partial charge in [0.1, 0.15) is 12.4 Å². The van der Waals surface area contributed by atoms with E-state index in [1.165, 1.54) is 19.2 Å². The average Bonchev–Trinajstić information content (AvgIpc) is 2.45. The van der Waals surface area contributed by atoms with E-state index in [1.807, 2.05) is 0 Å². The van der Waals surface area contributed by atoms with Crippen LogP contribution in [0.2, 0.25) is 0 Å². The number of aliphatic imine (C=N–C) groups is 1. The highest BCUT2D eigenvalue weighted by molar-refractivity contribution is 14.0. The molecule has 1 amide bonds. The highest BCUT2D eigenvalue weighted by Gasteiger charge is 2.31. The molecule has 0 atom stereocenters. The fourth-order valence-electron chi connectivity index (χ4n) is 1.70. The molecule has 0 aliphatic carbocycles. The zero-order valence-electron chi connectivity index (χ0n) is 13.2. The standard InChI is InChI=1S/C14H18F4N4O.HI/c1-19-13(20-7-10-4-3-5-11(15)6-10)21-8-12(23)22(2)9-14(16,17)18;/h3-6H,7-9H2,1-2H3,(H2,19,20,21);1H. The lowest BCUT2D eigenvalue weighted by Gasteiger charge is -2.20. The van der Waals surface area contributed by atoms with E-state index in [1.54, 1.807) is 12.1 Å². The maximum absolute atomic E-state index is 13.0. The third kappa shape index (κ3) is 8.89. The van der Waals surface area contributed by atoms with Crippen LogP contribution in [-0.4, -0.2) is 50.1 Å². The minimum Gasteiger partial charge on any atom is -0.352 e. The smallest absolute Gasteiger partial charge is 0.352 e. The molecule has 0 aliphatic heterocycles. The van der Waals surface area contributed by atoms with E-state index >= 15 is 0 Å². The van der Waals surface area contributed by atoms with Crippen molar-refractivity contribution in [3.63, 3.8) is 0 Å². The molecule has 1 aromatic carbocycles. The van der Waals surface area contributed by atoms with Gasteiger partial charge in [-0.15, -0.1) is 24.0 Å². The molecule has 24 heavy (non-hydrogen) atoms. The zero-order chi connectivity index (χ0) is 17.5. The maximum Gasteiger partial charge on any atom is 0.406 e. The molecular weight excluding hydrogens is 443 g/mol. The van der Waals surface area contributed by atoms with E-state index < -0.39 is 18.6 Å². The maximum atomic E-state index is 13.0. The summed E-state index contributed by atoms with van der Waals surface area (Å²) in [6, 6.07) is 5.90. The van der Waals surface area contributed by atoms with Gasteiger partial charge in [0.15, 0.2) is 5.96 Å². The number of hydrogen-bond acceptors (Lipinski definition) is 2. The van der Waals surface area contributed by atoms with Crippen LogP contribution in [0.3, 0.4) is 0 Å². The number of carbonyl (C=O) groups excluding carboxylic acids is 1. The summed E-state index contributed by atoms with van der Waals surface area (Å²) in [5.41, 5.74) is 0.661. The van der Waals surface area contributed by atoms with Crippen LogP contribution in [0.15, 0.2) is 29.3 Å². The lowest BCUT2D eigenvalue weighted by Crippen LogP contribution is -2.45. The van der Waals surface area contributed by atoms with Crippen LogP contribution in [0.5, 0.6) is 0 Å². The predicted octanol–water partition coefficient (Wildman–Crippen LogP) is 2.13. The highest BCUT2D eigenvalue weighted by Crippen LogP contribution is 2.15. The van der Waals surface area contributed by atoms with Crippen molar-refractivity contribution in [3.8, 4) is 0 Å². The molecule has 0 bridgehead atoms. The van der Waals surface area contributed by atoms with Gasteiger partial charge in [-0.3, -0.25) is 9.79 Å². The van der Waals surface area contributed by atoms with Crippen LogP contribution in [0.1, 0.15) is 5.56 Å². The summed E-state index contributed by atoms with van der Waals surface area (Å²) < 4.78 is 49.6. The van der Waals surface area contributed by atoms with Crippen molar-refractivity contribution in [2.75, 3.05) is 27.2 Å². The summed E-state index contributed by atoms with van der Waals surface area (Å²) in [6.45, 7) is -1.40. The molecule has 1 rings (SSSR count). The van der Waals surface area contributed by atoms with Gasteiger partial charge in [-0.1, -0.05) is 12.1 Å². The highest BCUT2D eigenvalue weighted by atomic mass is 127. The van der Waals surface area contributed by atoms with Crippen LogP contribution in [-0.2, 0) is 11.3 Å². The Kier molecular flexibility index (Phi) is 9.63. The molecule has 0 heterocycles. The first-order valence-electron chi connectivity index (χ1n) is 6.71. The van der Waals surface area contributed by atoms with Gasteiger partial charge in [-0.25, -0.2) is 4.39 Å². The van der Waals surface area contributed by atoms with Gasteiger partial charge >= 0.3 is 6.18 Å². The number of guanidine groups is 1. The number of rotatable bonds is 5. The molecule has 0 radical (unpaired) electrons. The van der Waals surface area contributed by atoms with Gasteiger partial charge < -0.3 is 15.5 Å². The second-order valence-corrected chi connectivity index (χ2v) is 4.77. The minimum atomic E-state index is -4.44. The molecule has 0 aliphatic rings. The first-order valence-corrected chi connectivity index (χ1v) is 6.71. The normalized spacial score (nSPS) is 11.5. The molecule has 0 fully saturated rings. The Balaban J connectivity index is 0.00000529. The van der Waals surface area contributed by atoms with E-state index in [0.717, 1.165) is 7.05 Å². The minimum absolute atomic E-state index is 0.